The van der Waals surface area contributed by atoms with Crippen molar-refractivity contribution in [3.05, 3.63) is 0 Å². The van der Waals surface area contributed by atoms with Gasteiger partial charge in [0.25, 0.3) is 0 Å². The van der Waals surface area contributed by atoms with Gasteiger partial charge in [-0.1, -0.05) is 32.1 Å². The minimum Gasteiger partial charge on any atom is -0.389 e. The number of amides is 2. The third-order valence-corrected chi connectivity index (χ3v) is 4.44. The van der Waals surface area contributed by atoms with Crippen LogP contribution in [0.5, 0.6) is 0 Å². The fraction of sp³-hybridized carbons (Fsp3) is 0.867. The first-order chi connectivity index (χ1) is 9.57. The van der Waals surface area contributed by atoms with Crippen molar-refractivity contribution < 1.29 is 14.7 Å². The van der Waals surface area contributed by atoms with Gasteiger partial charge in [-0.2, -0.15) is 0 Å². The van der Waals surface area contributed by atoms with E-state index in [-0.39, 0.29) is 30.8 Å². The van der Waals surface area contributed by atoms with E-state index in [1.165, 1.54) is 19.3 Å². The summed E-state index contributed by atoms with van der Waals surface area (Å²) in [6, 6.07) is 0.271. The van der Waals surface area contributed by atoms with Gasteiger partial charge in [-0.3, -0.25) is 9.59 Å². The second-order valence-corrected chi connectivity index (χ2v) is 6.29. The molecule has 0 bridgehead atoms. The van der Waals surface area contributed by atoms with Crippen LogP contribution >= 0.6 is 0 Å². The molecule has 114 valence electrons. The molecule has 0 aromatic rings. The molecule has 2 saturated carbocycles. The topological polar surface area (TPSA) is 78.4 Å². The van der Waals surface area contributed by atoms with E-state index in [2.05, 4.69) is 10.6 Å². The molecule has 0 aromatic carbocycles. The maximum absolute atomic E-state index is 11.7. The van der Waals surface area contributed by atoms with Crippen LogP contribution in [0.25, 0.3) is 0 Å². The van der Waals surface area contributed by atoms with Crippen LogP contribution in [0.15, 0.2) is 0 Å². The predicted octanol–water partition coefficient (Wildman–Crippen LogP) is 1.25. The molecule has 3 N–H and O–H groups in total. The monoisotopic (exact) mass is 282 g/mol. The van der Waals surface area contributed by atoms with Crippen molar-refractivity contribution >= 4 is 11.8 Å². The zero-order valence-corrected chi connectivity index (χ0v) is 12.1. The zero-order chi connectivity index (χ0) is 14.4. The summed E-state index contributed by atoms with van der Waals surface area (Å²) >= 11 is 0. The zero-order valence-electron chi connectivity index (χ0n) is 12.1. The Bertz CT molecular complexity index is 345. The van der Waals surface area contributed by atoms with Gasteiger partial charge in [0.05, 0.1) is 18.6 Å². The smallest absolute Gasteiger partial charge is 0.239 e. The van der Waals surface area contributed by atoms with Crippen molar-refractivity contribution in [1.29, 1.82) is 0 Å². The van der Waals surface area contributed by atoms with Crippen molar-refractivity contribution in [2.75, 3.05) is 6.54 Å². The van der Waals surface area contributed by atoms with E-state index in [0.29, 0.717) is 12.8 Å². The molecule has 5 nitrogen and oxygen atoms in total. The summed E-state index contributed by atoms with van der Waals surface area (Å²) in [5.41, 5.74) is -0.843. The number of aliphatic hydroxyl groups is 1. The molecule has 0 aromatic heterocycles. The fourth-order valence-corrected chi connectivity index (χ4v) is 3.28. The summed E-state index contributed by atoms with van der Waals surface area (Å²) in [6.45, 7) is 0.0193. The largest absolute Gasteiger partial charge is 0.389 e. The van der Waals surface area contributed by atoms with Gasteiger partial charge in [0, 0.05) is 6.04 Å². The SMILES string of the molecule is O=C(CC1(O)CCCC1)NCC(=O)NC1CCCCC1. The number of rotatable bonds is 5. The Labute approximate surface area is 120 Å². The molecular weight excluding hydrogens is 256 g/mol. The lowest BCUT2D eigenvalue weighted by molar-refractivity contribution is -0.129. The van der Waals surface area contributed by atoms with E-state index in [9.17, 15) is 14.7 Å². The maximum Gasteiger partial charge on any atom is 0.239 e. The molecule has 0 heterocycles. The summed E-state index contributed by atoms with van der Waals surface area (Å²) in [5.74, 6) is -0.350. The highest BCUT2D eigenvalue weighted by molar-refractivity contribution is 5.85. The predicted molar refractivity (Wildman–Crippen MR) is 76.1 cm³/mol. The van der Waals surface area contributed by atoms with Crippen LogP contribution in [0.2, 0.25) is 0 Å². The number of nitrogens with one attached hydrogen (secondary N) is 2. The van der Waals surface area contributed by atoms with Crippen LogP contribution in [-0.2, 0) is 9.59 Å². The summed E-state index contributed by atoms with van der Waals surface area (Å²) in [5, 5.41) is 15.7. The Morgan fingerprint density at radius 3 is 2.30 bits per heavy atom. The first-order valence-corrected chi connectivity index (χ1v) is 7.86. The molecule has 5 heteroatoms. The summed E-state index contributed by atoms with van der Waals surface area (Å²) in [7, 11) is 0. The van der Waals surface area contributed by atoms with E-state index in [4.69, 9.17) is 0 Å². The molecule has 0 saturated heterocycles. The minimum absolute atomic E-state index is 0.0193. The Kier molecular flexibility index (Phi) is 5.40. The van der Waals surface area contributed by atoms with Crippen molar-refractivity contribution in [2.24, 2.45) is 0 Å². The lowest BCUT2D eigenvalue weighted by Crippen LogP contribution is -2.44. The molecule has 0 atom stereocenters. The minimum atomic E-state index is -0.843. The van der Waals surface area contributed by atoms with Gasteiger partial charge in [-0.15, -0.1) is 0 Å². The van der Waals surface area contributed by atoms with Gasteiger partial charge in [-0.05, 0) is 25.7 Å². The van der Waals surface area contributed by atoms with E-state index < -0.39 is 5.60 Å². The molecule has 2 aliphatic carbocycles. The molecule has 2 amide bonds. The van der Waals surface area contributed by atoms with Gasteiger partial charge in [0.15, 0.2) is 0 Å². The van der Waals surface area contributed by atoms with Crippen LogP contribution in [0.1, 0.15) is 64.2 Å². The number of hydrogen-bond donors (Lipinski definition) is 3. The highest BCUT2D eigenvalue weighted by Crippen LogP contribution is 2.32. The highest BCUT2D eigenvalue weighted by atomic mass is 16.3. The molecule has 0 unspecified atom stereocenters. The third-order valence-electron chi connectivity index (χ3n) is 4.44. The first-order valence-electron chi connectivity index (χ1n) is 7.86. The summed E-state index contributed by atoms with van der Waals surface area (Å²) < 4.78 is 0. The van der Waals surface area contributed by atoms with Crippen molar-refractivity contribution in [3.8, 4) is 0 Å². The van der Waals surface area contributed by atoms with Crippen molar-refractivity contribution in [1.82, 2.24) is 10.6 Å². The average molecular weight is 282 g/mol. The standard InChI is InChI=1S/C15H26N2O3/c18-13(10-15(20)8-4-5-9-15)16-11-14(19)17-12-6-2-1-3-7-12/h12,20H,1-11H2,(H,16,18)(H,17,19). The number of carbonyl (C=O) groups excluding carboxylic acids is 2. The number of hydrogen-bond acceptors (Lipinski definition) is 3. The van der Waals surface area contributed by atoms with E-state index in [0.717, 1.165) is 25.7 Å². The van der Waals surface area contributed by atoms with E-state index in [1.807, 2.05) is 0 Å². The van der Waals surface area contributed by atoms with Crippen LogP contribution in [-0.4, -0.2) is 35.1 Å². The Morgan fingerprint density at radius 2 is 1.65 bits per heavy atom. The van der Waals surface area contributed by atoms with Crippen LogP contribution in [0, 0.1) is 0 Å². The molecule has 20 heavy (non-hydrogen) atoms. The van der Waals surface area contributed by atoms with Gasteiger partial charge >= 0.3 is 0 Å². The number of carbonyl (C=O) groups is 2. The van der Waals surface area contributed by atoms with Crippen LogP contribution < -0.4 is 10.6 Å². The third kappa shape index (κ3) is 4.78. The van der Waals surface area contributed by atoms with Gasteiger partial charge in [-0.25, -0.2) is 0 Å². The molecule has 2 aliphatic rings. The van der Waals surface area contributed by atoms with Gasteiger partial charge in [0.2, 0.25) is 11.8 Å². The molecule has 0 spiro atoms. The summed E-state index contributed by atoms with van der Waals surface area (Å²) in [4.78, 5) is 23.5. The Hall–Kier alpha value is -1.10. The molecule has 0 aliphatic heterocycles. The average Bonchev–Trinajstić information content (AvgIpc) is 2.84. The first kappa shape index (κ1) is 15.3. The maximum atomic E-state index is 11.7. The quantitative estimate of drug-likeness (QED) is 0.710. The normalized spacial score (nSPS) is 22.4. The molecule has 2 fully saturated rings. The molecule has 0 radical (unpaired) electrons. The van der Waals surface area contributed by atoms with Gasteiger partial charge < -0.3 is 15.7 Å². The second kappa shape index (κ2) is 7.07. The van der Waals surface area contributed by atoms with Gasteiger partial charge in [0.1, 0.15) is 0 Å². The van der Waals surface area contributed by atoms with Crippen molar-refractivity contribution in [3.63, 3.8) is 0 Å². The molecular formula is C15H26N2O3. The lowest BCUT2D eigenvalue weighted by atomic mass is 9.95. The summed E-state index contributed by atoms with van der Waals surface area (Å²) in [6.07, 6.45) is 9.13. The Balaban J connectivity index is 1.63. The van der Waals surface area contributed by atoms with Crippen molar-refractivity contribution in [2.45, 2.75) is 75.9 Å². The lowest BCUT2D eigenvalue weighted by Gasteiger charge is -2.23. The van der Waals surface area contributed by atoms with E-state index in [1.54, 1.807) is 0 Å². The van der Waals surface area contributed by atoms with Crippen LogP contribution in [0.4, 0.5) is 0 Å². The Morgan fingerprint density at radius 1 is 1.00 bits per heavy atom. The van der Waals surface area contributed by atoms with E-state index >= 15 is 0 Å². The molecule has 2 rings (SSSR count). The second-order valence-electron chi connectivity index (χ2n) is 6.29. The van der Waals surface area contributed by atoms with Crippen LogP contribution in [0.3, 0.4) is 0 Å². The fourth-order valence-electron chi connectivity index (χ4n) is 3.28. The highest BCUT2D eigenvalue weighted by Gasteiger charge is 2.33.